The lowest BCUT2D eigenvalue weighted by atomic mass is 10.2. The van der Waals surface area contributed by atoms with Gasteiger partial charge in [0, 0.05) is 29.9 Å². The van der Waals surface area contributed by atoms with Gasteiger partial charge in [-0.3, -0.25) is 9.59 Å². The van der Waals surface area contributed by atoms with Crippen LogP contribution in [0.2, 0.25) is 5.02 Å². The lowest BCUT2D eigenvalue weighted by molar-refractivity contribution is -0.114. The van der Waals surface area contributed by atoms with Crippen LogP contribution in [-0.4, -0.2) is 11.8 Å². The molecule has 0 saturated carbocycles. The maximum Gasteiger partial charge on any atom is 0.248 e. The molecule has 0 aliphatic rings. The normalized spacial score (nSPS) is 10.6. The Morgan fingerprint density at radius 3 is 2.22 bits per heavy atom. The number of carbonyl (C=O) groups is 2. The van der Waals surface area contributed by atoms with Crippen LogP contribution < -0.4 is 10.6 Å². The van der Waals surface area contributed by atoms with Crippen molar-refractivity contribution in [1.29, 1.82) is 0 Å². The molecular weight excluding hydrogens is 319 g/mol. The van der Waals surface area contributed by atoms with Crippen molar-refractivity contribution < 1.29 is 14.0 Å². The summed E-state index contributed by atoms with van der Waals surface area (Å²) >= 11 is 5.87. The summed E-state index contributed by atoms with van der Waals surface area (Å²) in [5.74, 6) is -1.09. The van der Waals surface area contributed by atoms with Crippen molar-refractivity contribution in [3.8, 4) is 0 Å². The summed E-state index contributed by atoms with van der Waals surface area (Å²) in [5.41, 5.74) is 1.34. The summed E-state index contributed by atoms with van der Waals surface area (Å²) < 4.78 is 13.6. The van der Waals surface area contributed by atoms with E-state index in [4.69, 9.17) is 11.6 Å². The average molecular weight is 333 g/mol. The summed E-state index contributed by atoms with van der Waals surface area (Å²) in [7, 11) is 0. The largest absolute Gasteiger partial charge is 0.326 e. The Balaban J connectivity index is 2.02. The van der Waals surface area contributed by atoms with E-state index in [0.717, 1.165) is 0 Å². The molecule has 2 rings (SSSR count). The zero-order valence-electron chi connectivity index (χ0n) is 12.3. The molecule has 4 nitrogen and oxygen atoms in total. The summed E-state index contributed by atoms with van der Waals surface area (Å²) in [6.45, 7) is 1.41. The van der Waals surface area contributed by atoms with E-state index < -0.39 is 11.7 Å². The molecule has 0 spiro atoms. The van der Waals surface area contributed by atoms with Gasteiger partial charge in [-0.05, 0) is 42.5 Å². The van der Waals surface area contributed by atoms with Crippen LogP contribution in [-0.2, 0) is 9.59 Å². The number of hydrogen-bond donors (Lipinski definition) is 2. The minimum atomic E-state index is -0.499. The van der Waals surface area contributed by atoms with Gasteiger partial charge in [0.1, 0.15) is 5.82 Å². The van der Waals surface area contributed by atoms with E-state index in [1.165, 1.54) is 31.2 Å². The molecule has 0 saturated heterocycles. The SMILES string of the molecule is CC(=O)Nc1ccc(NC(=O)C=Cc2c(F)cccc2Cl)cc1. The number of benzene rings is 2. The highest BCUT2D eigenvalue weighted by Crippen LogP contribution is 2.20. The van der Waals surface area contributed by atoms with Crippen LogP contribution in [0.15, 0.2) is 48.5 Å². The van der Waals surface area contributed by atoms with Crippen molar-refractivity contribution in [2.24, 2.45) is 0 Å². The Labute approximate surface area is 138 Å². The molecule has 0 radical (unpaired) electrons. The van der Waals surface area contributed by atoms with Gasteiger partial charge in [-0.2, -0.15) is 0 Å². The van der Waals surface area contributed by atoms with Gasteiger partial charge in [0.25, 0.3) is 0 Å². The van der Waals surface area contributed by atoms with Gasteiger partial charge in [0.05, 0.1) is 5.02 Å². The van der Waals surface area contributed by atoms with Crippen molar-refractivity contribution in [1.82, 2.24) is 0 Å². The Morgan fingerprint density at radius 1 is 1.04 bits per heavy atom. The number of anilines is 2. The fraction of sp³-hybridized carbons (Fsp3) is 0.0588. The number of hydrogen-bond acceptors (Lipinski definition) is 2. The van der Waals surface area contributed by atoms with E-state index in [2.05, 4.69) is 10.6 Å². The van der Waals surface area contributed by atoms with E-state index in [1.54, 1.807) is 30.3 Å². The molecule has 2 aromatic rings. The highest BCUT2D eigenvalue weighted by atomic mass is 35.5. The number of nitrogens with one attached hydrogen (secondary N) is 2. The van der Waals surface area contributed by atoms with Crippen LogP contribution in [0, 0.1) is 5.82 Å². The van der Waals surface area contributed by atoms with Crippen LogP contribution in [0.3, 0.4) is 0 Å². The summed E-state index contributed by atoms with van der Waals surface area (Å²) in [6.07, 6.45) is 2.52. The second-order valence-electron chi connectivity index (χ2n) is 4.72. The standard InChI is InChI=1S/C17H14ClFN2O2/c1-11(22)20-12-5-7-13(8-6-12)21-17(23)10-9-14-15(18)3-2-4-16(14)19/h2-10H,1H3,(H,20,22)(H,21,23). The highest BCUT2D eigenvalue weighted by molar-refractivity contribution is 6.32. The van der Waals surface area contributed by atoms with Crippen molar-refractivity contribution >= 4 is 40.9 Å². The Hall–Kier alpha value is -2.66. The number of amides is 2. The first-order valence-electron chi connectivity index (χ1n) is 6.76. The third-order valence-corrected chi connectivity index (χ3v) is 3.20. The number of halogens is 2. The lowest BCUT2D eigenvalue weighted by Crippen LogP contribution is -2.08. The maximum absolute atomic E-state index is 13.6. The minimum Gasteiger partial charge on any atom is -0.326 e. The van der Waals surface area contributed by atoms with E-state index in [-0.39, 0.29) is 16.5 Å². The molecule has 118 valence electrons. The van der Waals surface area contributed by atoms with Crippen molar-refractivity contribution in [2.45, 2.75) is 6.92 Å². The zero-order chi connectivity index (χ0) is 16.8. The Kier molecular flexibility index (Phi) is 5.49. The van der Waals surface area contributed by atoms with Crippen LogP contribution >= 0.6 is 11.6 Å². The van der Waals surface area contributed by atoms with Gasteiger partial charge < -0.3 is 10.6 Å². The average Bonchev–Trinajstić information content (AvgIpc) is 2.48. The highest BCUT2D eigenvalue weighted by Gasteiger charge is 2.04. The molecule has 0 fully saturated rings. The minimum absolute atomic E-state index is 0.158. The lowest BCUT2D eigenvalue weighted by Gasteiger charge is -2.05. The zero-order valence-corrected chi connectivity index (χ0v) is 13.0. The van der Waals surface area contributed by atoms with Crippen molar-refractivity contribution in [3.05, 3.63) is 64.9 Å². The second kappa shape index (κ2) is 7.56. The quantitative estimate of drug-likeness (QED) is 0.828. The molecule has 6 heteroatoms. The Bertz CT molecular complexity index is 737. The topological polar surface area (TPSA) is 58.2 Å². The summed E-state index contributed by atoms with van der Waals surface area (Å²) in [6, 6.07) is 10.9. The molecule has 0 heterocycles. The summed E-state index contributed by atoms with van der Waals surface area (Å²) in [5, 5.41) is 5.48. The number of carbonyl (C=O) groups excluding carboxylic acids is 2. The van der Waals surface area contributed by atoms with Crippen LogP contribution in [0.5, 0.6) is 0 Å². The smallest absolute Gasteiger partial charge is 0.248 e. The molecule has 2 N–H and O–H groups in total. The molecule has 2 aromatic carbocycles. The van der Waals surface area contributed by atoms with E-state index >= 15 is 0 Å². The number of rotatable bonds is 4. The van der Waals surface area contributed by atoms with Crippen molar-refractivity contribution in [2.75, 3.05) is 10.6 Å². The Morgan fingerprint density at radius 2 is 1.65 bits per heavy atom. The van der Waals surface area contributed by atoms with E-state index in [9.17, 15) is 14.0 Å². The van der Waals surface area contributed by atoms with Crippen LogP contribution in [0.1, 0.15) is 12.5 Å². The molecule has 0 unspecified atom stereocenters. The van der Waals surface area contributed by atoms with Gasteiger partial charge >= 0.3 is 0 Å². The van der Waals surface area contributed by atoms with Gasteiger partial charge in [-0.25, -0.2) is 4.39 Å². The van der Waals surface area contributed by atoms with Crippen LogP contribution in [0.4, 0.5) is 15.8 Å². The first-order valence-corrected chi connectivity index (χ1v) is 7.14. The molecule has 0 bridgehead atoms. The van der Waals surface area contributed by atoms with Gasteiger partial charge in [0.2, 0.25) is 11.8 Å². The molecule has 0 aliphatic carbocycles. The van der Waals surface area contributed by atoms with E-state index in [1.807, 2.05) is 0 Å². The predicted octanol–water partition coefficient (Wildman–Crippen LogP) is 4.09. The van der Waals surface area contributed by atoms with Crippen molar-refractivity contribution in [3.63, 3.8) is 0 Å². The molecule has 0 atom stereocenters. The monoisotopic (exact) mass is 332 g/mol. The molecule has 0 aromatic heterocycles. The molecule has 23 heavy (non-hydrogen) atoms. The fourth-order valence-electron chi connectivity index (χ4n) is 1.85. The molecular formula is C17H14ClFN2O2. The third kappa shape index (κ3) is 4.93. The van der Waals surface area contributed by atoms with Gasteiger partial charge in [-0.1, -0.05) is 17.7 Å². The first-order chi connectivity index (χ1) is 11.0. The van der Waals surface area contributed by atoms with Gasteiger partial charge in [0.15, 0.2) is 0 Å². The third-order valence-electron chi connectivity index (χ3n) is 2.87. The molecule has 2 amide bonds. The molecule has 0 aliphatic heterocycles. The second-order valence-corrected chi connectivity index (χ2v) is 5.12. The fourth-order valence-corrected chi connectivity index (χ4v) is 2.08. The predicted molar refractivity (Wildman–Crippen MR) is 89.8 cm³/mol. The maximum atomic E-state index is 13.6. The van der Waals surface area contributed by atoms with E-state index in [0.29, 0.717) is 11.4 Å². The first kappa shape index (κ1) is 16.7. The van der Waals surface area contributed by atoms with Crippen LogP contribution in [0.25, 0.3) is 6.08 Å². The van der Waals surface area contributed by atoms with Gasteiger partial charge in [-0.15, -0.1) is 0 Å². The summed E-state index contributed by atoms with van der Waals surface area (Å²) in [4.78, 5) is 22.8.